The van der Waals surface area contributed by atoms with Gasteiger partial charge < -0.3 is 0 Å². The molecule has 0 aliphatic rings. The van der Waals surface area contributed by atoms with Crippen LogP contribution in [0.1, 0.15) is 11.1 Å². The smallest absolute Gasteiger partial charge is 0.0992 e. The number of benzene rings is 4. The molecule has 4 aromatic carbocycles. The summed E-state index contributed by atoms with van der Waals surface area (Å²) >= 11 is 3.49. The van der Waals surface area contributed by atoms with Gasteiger partial charge in [0, 0.05) is 36.2 Å². The molecule has 0 atom stereocenters. The van der Waals surface area contributed by atoms with Gasteiger partial charge in [-0.25, -0.2) is 0 Å². The molecule has 0 spiro atoms. The van der Waals surface area contributed by atoms with E-state index in [0.29, 0.717) is 11.1 Å². The van der Waals surface area contributed by atoms with Gasteiger partial charge in [0.2, 0.25) is 0 Å². The molecule has 0 amide bonds. The molecule has 34 heavy (non-hydrogen) atoms. The van der Waals surface area contributed by atoms with Gasteiger partial charge in [-0.1, -0.05) is 60.7 Å². The second-order valence-corrected chi connectivity index (χ2v) is 9.99. The normalized spacial score (nSPS) is 10.9. The van der Waals surface area contributed by atoms with E-state index in [4.69, 9.17) is 0 Å². The van der Waals surface area contributed by atoms with Gasteiger partial charge in [0.05, 0.1) is 23.3 Å². The first-order valence-corrected chi connectivity index (χ1v) is 12.5. The minimum Gasteiger partial charge on any atom is -0.192 e. The first-order valence-electron chi connectivity index (χ1n) is 10.8. The zero-order valence-electron chi connectivity index (χ0n) is 17.9. The Labute approximate surface area is 205 Å². The monoisotopic (exact) mass is 468 g/mol. The maximum atomic E-state index is 9.50. The zero-order valence-corrected chi connectivity index (χ0v) is 19.6. The Balaban J connectivity index is 1.75. The fraction of sp³-hybridized carbons (Fsp3) is 0. The molecule has 0 aliphatic carbocycles. The Hall–Kier alpha value is -4.22. The predicted molar refractivity (Wildman–Crippen MR) is 143 cm³/mol. The molecule has 0 unspecified atom stereocenters. The molecule has 158 valence electrons. The summed E-state index contributed by atoms with van der Waals surface area (Å²) in [6, 6.07) is 35.3. The minimum absolute atomic E-state index is 0.499. The number of nitriles is 2. The third-order valence-corrected chi connectivity index (χ3v) is 8.12. The highest BCUT2D eigenvalue weighted by molar-refractivity contribution is 7.23. The van der Waals surface area contributed by atoms with Gasteiger partial charge in [-0.2, -0.15) is 10.5 Å². The highest BCUT2D eigenvalue weighted by Gasteiger charge is 2.20. The van der Waals surface area contributed by atoms with Crippen LogP contribution in [-0.2, 0) is 0 Å². The molecule has 0 saturated carbocycles. The Morgan fingerprint density at radius 2 is 1.15 bits per heavy atom. The van der Waals surface area contributed by atoms with Crippen molar-refractivity contribution in [2.75, 3.05) is 0 Å². The van der Waals surface area contributed by atoms with E-state index in [0.717, 1.165) is 10.4 Å². The lowest BCUT2D eigenvalue weighted by molar-refractivity contribution is 1.45. The summed E-state index contributed by atoms with van der Waals surface area (Å²) in [5.41, 5.74) is 6.75. The van der Waals surface area contributed by atoms with Crippen molar-refractivity contribution in [3.05, 3.63) is 108 Å². The topological polar surface area (TPSA) is 47.6 Å². The first kappa shape index (κ1) is 20.4. The van der Waals surface area contributed by atoms with Crippen LogP contribution in [0.2, 0.25) is 0 Å². The van der Waals surface area contributed by atoms with Crippen molar-refractivity contribution < 1.29 is 0 Å². The van der Waals surface area contributed by atoms with E-state index in [1.54, 1.807) is 28.7 Å². The van der Waals surface area contributed by atoms with Crippen LogP contribution in [0.4, 0.5) is 0 Å². The average molecular weight is 469 g/mol. The van der Waals surface area contributed by atoms with Crippen LogP contribution in [0.3, 0.4) is 0 Å². The number of thiophene rings is 2. The van der Waals surface area contributed by atoms with Crippen molar-refractivity contribution >= 4 is 42.8 Å². The fourth-order valence-corrected chi connectivity index (χ4v) is 6.75. The van der Waals surface area contributed by atoms with E-state index < -0.39 is 0 Å². The molecular formula is C30H16N2S2. The van der Waals surface area contributed by atoms with E-state index >= 15 is 0 Å². The average Bonchev–Trinajstić information content (AvgIpc) is 3.55. The first-order chi connectivity index (χ1) is 16.8. The molecule has 2 aromatic heterocycles. The number of nitrogens with zero attached hydrogens (tertiary/aromatic N) is 2. The second kappa shape index (κ2) is 8.28. The number of hydrogen-bond acceptors (Lipinski definition) is 4. The molecule has 6 rings (SSSR count). The summed E-state index contributed by atoms with van der Waals surface area (Å²) in [5.74, 6) is 0. The molecule has 0 fully saturated rings. The molecule has 0 saturated heterocycles. The third kappa shape index (κ3) is 3.29. The van der Waals surface area contributed by atoms with Crippen LogP contribution in [0, 0.1) is 22.7 Å². The molecule has 6 aromatic rings. The summed E-state index contributed by atoms with van der Waals surface area (Å²) in [5, 5.41) is 23.6. The van der Waals surface area contributed by atoms with Gasteiger partial charge in [-0.05, 0) is 52.4 Å². The van der Waals surface area contributed by atoms with Crippen molar-refractivity contribution in [1.29, 1.82) is 10.5 Å². The van der Waals surface area contributed by atoms with Crippen molar-refractivity contribution in [2.24, 2.45) is 0 Å². The lowest BCUT2D eigenvalue weighted by Gasteiger charge is -2.12. The summed E-state index contributed by atoms with van der Waals surface area (Å²) in [6.07, 6.45) is 0. The molecular weight excluding hydrogens is 452 g/mol. The highest BCUT2D eigenvalue weighted by Crippen LogP contribution is 2.50. The van der Waals surface area contributed by atoms with E-state index in [2.05, 4.69) is 78.2 Å². The van der Waals surface area contributed by atoms with Gasteiger partial charge in [0.1, 0.15) is 0 Å². The maximum absolute atomic E-state index is 9.50. The highest BCUT2D eigenvalue weighted by atomic mass is 32.1. The van der Waals surface area contributed by atoms with Gasteiger partial charge in [-0.3, -0.25) is 0 Å². The van der Waals surface area contributed by atoms with Gasteiger partial charge in [-0.15, -0.1) is 22.7 Å². The predicted octanol–water partition coefficient (Wildman–Crippen LogP) is 8.86. The lowest BCUT2D eigenvalue weighted by Crippen LogP contribution is -1.85. The third-order valence-electron chi connectivity index (χ3n) is 5.99. The van der Waals surface area contributed by atoms with Crippen molar-refractivity contribution in [2.45, 2.75) is 0 Å². The van der Waals surface area contributed by atoms with Crippen LogP contribution in [0.25, 0.3) is 52.9 Å². The molecule has 2 heterocycles. The van der Waals surface area contributed by atoms with Crippen LogP contribution in [0.15, 0.2) is 96.4 Å². The minimum atomic E-state index is 0.499. The Kier molecular flexibility index (Phi) is 4.97. The molecule has 0 radical (unpaired) electrons. The van der Waals surface area contributed by atoms with E-state index in [-0.39, 0.29) is 0 Å². The Morgan fingerprint density at radius 1 is 0.559 bits per heavy atom. The molecule has 2 nitrogen and oxygen atoms in total. The molecule has 0 aliphatic heterocycles. The summed E-state index contributed by atoms with van der Waals surface area (Å²) in [4.78, 5) is 1.05. The van der Waals surface area contributed by atoms with Crippen LogP contribution < -0.4 is 0 Å². The van der Waals surface area contributed by atoms with Gasteiger partial charge in [0.25, 0.3) is 0 Å². The van der Waals surface area contributed by atoms with Crippen molar-refractivity contribution in [1.82, 2.24) is 0 Å². The largest absolute Gasteiger partial charge is 0.192 e. The van der Waals surface area contributed by atoms with Crippen molar-refractivity contribution in [3.63, 3.8) is 0 Å². The number of hydrogen-bond donors (Lipinski definition) is 0. The van der Waals surface area contributed by atoms with E-state index in [1.165, 1.54) is 42.4 Å². The van der Waals surface area contributed by atoms with Crippen LogP contribution in [0.5, 0.6) is 0 Å². The quantitative estimate of drug-likeness (QED) is 0.260. The summed E-state index contributed by atoms with van der Waals surface area (Å²) in [7, 11) is 0. The fourth-order valence-electron chi connectivity index (χ4n) is 4.53. The van der Waals surface area contributed by atoms with Crippen LogP contribution in [-0.4, -0.2) is 0 Å². The second-order valence-electron chi connectivity index (χ2n) is 8.02. The SMILES string of the molecule is N#Cc1cc(C#N)cc(-c2cc3c(-c4ccccc4)c4sccc4c(-c4ccccc4)c3s2)c1. The summed E-state index contributed by atoms with van der Waals surface area (Å²) in [6.45, 7) is 0. The summed E-state index contributed by atoms with van der Waals surface area (Å²) < 4.78 is 2.48. The molecule has 0 N–H and O–H groups in total. The van der Waals surface area contributed by atoms with E-state index in [1.807, 2.05) is 24.3 Å². The van der Waals surface area contributed by atoms with Gasteiger partial charge in [0.15, 0.2) is 0 Å². The molecule has 4 heteroatoms. The maximum Gasteiger partial charge on any atom is 0.0992 e. The van der Waals surface area contributed by atoms with E-state index in [9.17, 15) is 10.5 Å². The zero-order chi connectivity index (χ0) is 23.1. The Morgan fingerprint density at radius 3 is 1.74 bits per heavy atom. The number of rotatable bonds is 3. The lowest BCUT2D eigenvalue weighted by atomic mass is 9.93. The van der Waals surface area contributed by atoms with Gasteiger partial charge >= 0.3 is 0 Å². The number of fused-ring (bicyclic) bond motifs is 2. The van der Waals surface area contributed by atoms with Crippen LogP contribution >= 0.6 is 22.7 Å². The standard InChI is InChI=1S/C30H16N2S2/c31-17-19-13-20(18-32)15-23(14-19)26-16-25-28(22-9-5-2-6-10-22)29-24(11-12-33-29)27(30(25)34-26)21-7-3-1-4-8-21/h1-16H. The Bertz CT molecular complexity index is 1640. The molecule has 0 bridgehead atoms. The van der Waals surface area contributed by atoms with Crippen molar-refractivity contribution in [3.8, 4) is 44.8 Å².